The lowest BCUT2D eigenvalue weighted by Crippen LogP contribution is -2.53. The van der Waals surface area contributed by atoms with Crippen LogP contribution in [0.25, 0.3) is 5.82 Å². The van der Waals surface area contributed by atoms with E-state index in [1.165, 1.54) is 35.2 Å². The Hall–Kier alpha value is -4.03. The lowest BCUT2D eigenvalue weighted by atomic mass is 10.1. The lowest BCUT2D eigenvalue weighted by Gasteiger charge is -2.37. The van der Waals surface area contributed by atoms with E-state index in [0.29, 0.717) is 44.0 Å². The third-order valence-corrected chi connectivity index (χ3v) is 5.45. The molecule has 13 heteroatoms. The molecule has 2 amide bonds. The van der Waals surface area contributed by atoms with Crippen molar-refractivity contribution in [3.63, 3.8) is 0 Å². The van der Waals surface area contributed by atoms with Crippen LogP contribution in [-0.2, 0) is 0 Å². The van der Waals surface area contributed by atoms with E-state index >= 15 is 0 Å². The van der Waals surface area contributed by atoms with Crippen molar-refractivity contribution in [2.45, 2.75) is 26.3 Å². The molecule has 2 aromatic rings. The van der Waals surface area contributed by atoms with Gasteiger partial charge in [-0.05, 0) is 32.2 Å². The summed E-state index contributed by atoms with van der Waals surface area (Å²) in [6, 6.07) is 0.663. The molecule has 0 radical (unpaired) electrons. The highest BCUT2D eigenvalue weighted by Gasteiger charge is 2.33. The molecule has 1 saturated heterocycles. The summed E-state index contributed by atoms with van der Waals surface area (Å²) in [5.41, 5.74) is 0.582. The molecule has 0 saturated carbocycles. The minimum absolute atomic E-state index is 0.0422. The van der Waals surface area contributed by atoms with E-state index in [2.05, 4.69) is 36.9 Å². The number of carbonyl (C=O) groups is 1. The molecule has 0 unspecified atom stereocenters. The maximum absolute atomic E-state index is 14.2. The number of halogens is 2. The molecule has 2 aliphatic rings. The summed E-state index contributed by atoms with van der Waals surface area (Å²) in [5, 5.41) is 9.66. The van der Waals surface area contributed by atoms with Crippen molar-refractivity contribution in [1.29, 1.82) is 0 Å². The average Bonchev–Trinajstić information content (AvgIpc) is 3.49. The van der Waals surface area contributed by atoms with Crippen LogP contribution in [0.5, 0.6) is 0 Å². The molecule has 0 bridgehead atoms. The number of amides is 2. The predicted octanol–water partition coefficient (Wildman–Crippen LogP) is 2.46. The summed E-state index contributed by atoms with van der Waals surface area (Å²) in [5.74, 6) is -0.363. The molecular formula is C21H24F2N10O. The van der Waals surface area contributed by atoms with Crippen molar-refractivity contribution in [3.05, 3.63) is 47.8 Å². The normalized spacial score (nSPS) is 19.5. The molecule has 1 atom stereocenters. The van der Waals surface area contributed by atoms with Crippen LogP contribution < -0.4 is 0 Å². The van der Waals surface area contributed by atoms with E-state index in [4.69, 9.17) is 0 Å². The fourth-order valence-electron chi connectivity index (χ4n) is 3.76. The Kier molecular flexibility index (Phi) is 6.70. The molecule has 2 aliphatic heterocycles. The van der Waals surface area contributed by atoms with Crippen LogP contribution in [0.1, 0.15) is 30.8 Å². The minimum Gasteiger partial charge on any atom is -0.337 e. The first kappa shape index (κ1) is 23.1. The molecule has 1 fully saturated rings. The number of hydrazone groups is 1. The largest absolute Gasteiger partial charge is 0.341 e. The fraction of sp³-hybridized carbons (Fsp3) is 0.381. The van der Waals surface area contributed by atoms with Crippen LogP contribution in [0.2, 0.25) is 0 Å². The summed E-state index contributed by atoms with van der Waals surface area (Å²) >= 11 is 0. The van der Waals surface area contributed by atoms with Gasteiger partial charge in [-0.15, -0.1) is 0 Å². The number of piperazine rings is 1. The van der Waals surface area contributed by atoms with E-state index in [1.807, 2.05) is 4.90 Å². The summed E-state index contributed by atoms with van der Waals surface area (Å²) in [6.07, 6.45) is 6.14. The summed E-state index contributed by atoms with van der Waals surface area (Å²) in [4.78, 5) is 32.7. The Bertz CT molecular complexity index is 1160. The third-order valence-electron chi connectivity index (χ3n) is 5.45. The van der Waals surface area contributed by atoms with Gasteiger partial charge in [-0.1, -0.05) is 0 Å². The summed E-state index contributed by atoms with van der Waals surface area (Å²) < 4.78 is 29.0. The van der Waals surface area contributed by atoms with Gasteiger partial charge < -0.3 is 9.80 Å². The molecule has 4 rings (SSSR count). The summed E-state index contributed by atoms with van der Waals surface area (Å²) in [7, 11) is 0. The number of allylic oxidation sites excluding steroid dienone is 1. The number of urea groups is 1. The predicted molar refractivity (Wildman–Crippen MR) is 122 cm³/mol. The Morgan fingerprint density at radius 1 is 1.21 bits per heavy atom. The Morgan fingerprint density at radius 2 is 1.94 bits per heavy atom. The number of nitrogens with zero attached hydrogens (tertiary/aromatic N) is 10. The first-order valence-corrected chi connectivity index (χ1v) is 10.6. The number of rotatable bonds is 3. The van der Waals surface area contributed by atoms with Gasteiger partial charge in [-0.25, -0.2) is 28.6 Å². The lowest BCUT2D eigenvalue weighted by molar-refractivity contribution is 0.123. The van der Waals surface area contributed by atoms with Crippen molar-refractivity contribution in [2.24, 2.45) is 15.1 Å². The number of hydrogen-bond donors (Lipinski definition) is 0. The van der Waals surface area contributed by atoms with Crippen molar-refractivity contribution in [2.75, 3.05) is 26.2 Å². The van der Waals surface area contributed by atoms with Gasteiger partial charge >= 0.3 is 6.03 Å². The Labute approximate surface area is 194 Å². The molecule has 4 heterocycles. The van der Waals surface area contributed by atoms with Gasteiger partial charge in [0.1, 0.15) is 23.8 Å². The minimum atomic E-state index is -0.551. The molecule has 178 valence electrons. The zero-order chi connectivity index (χ0) is 24.2. The van der Waals surface area contributed by atoms with E-state index in [0.717, 1.165) is 6.20 Å². The molecule has 0 aliphatic carbocycles. The van der Waals surface area contributed by atoms with Crippen LogP contribution in [0.4, 0.5) is 13.6 Å². The smallest absolute Gasteiger partial charge is 0.337 e. The van der Waals surface area contributed by atoms with E-state index in [9.17, 15) is 13.6 Å². The number of hydrogen-bond acceptors (Lipinski definition) is 6. The summed E-state index contributed by atoms with van der Waals surface area (Å²) in [6.45, 7) is 8.06. The SMILES string of the molecule is C=N/C(=N\C(=C(/C)F)n1cnc(C)n1)N1CCN(C(=O)N2N=CC[C@H]2c2cncc(F)c2)CC1. The van der Waals surface area contributed by atoms with Gasteiger partial charge in [-0.3, -0.25) is 4.98 Å². The highest BCUT2D eigenvalue weighted by molar-refractivity contribution is 5.88. The molecule has 0 aromatic carbocycles. The third kappa shape index (κ3) is 4.82. The van der Waals surface area contributed by atoms with Crippen LogP contribution in [0.15, 0.2) is 45.7 Å². The molecule has 2 aromatic heterocycles. The molecular weight excluding hydrogens is 446 g/mol. The van der Waals surface area contributed by atoms with Gasteiger partial charge in [0.2, 0.25) is 5.96 Å². The maximum atomic E-state index is 14.2. The van der Waals surface area contributed by atoms with Crippen LogP contribution in [-0.4, -0.2) is 85.7 Å². The quantitative estimate of drug-likeness (QED) is 0.506. The number of guanidine groups is 1. The number of aliphatic imine (C=N–C) groups is 2. The zero-order valence-electron chi connectivity index (χ0n) is 18.8. The number of aryl methyl sites for hydroxylation is 1. The second-order valence-corrected chi connectivity index (χ2v) is 7.75. The maximum Gasteiger partial charge on any atom is 0.341 e. The van der Waals surface area contributed by atoms with Gasteiger partial charge in [-0.2, -0.15) is 19.9 Å². The number of pyridine rings is 1. The van der Waals surface area contributed by atoms with Crippen molar-refractivity contribution in [3.8, 4) is 0 Å². The molecule has 0 spiro atoms. The number of carbonyl (C=O) groups excluding carboxylic acids is 1. The van der Waals surface area contributed by atoms with Crippen molar-refractivity contribution >= 4 is 30.7 Å². The van der Waals surface area contributed by atoms with Gasteiger partial charge in [0.15, 0.2) is 5.82 Å². The van der Waals surface area contributed by atoms with Crippen molar-refractivity contribution < 1.29 is 13.6 Å². The zero-order valence-corrected chi connectivity index (χ0v) is 18.8. The van der Waals surface area contributed by atoms with Gasteiger partial charge in [0, 0.05) is 45.0 Å². The van der Waals surface area contributed by atoms with Crippen LogP contribution >= 0.6 is 0 Å². The van der Waals surface area contributed by atoms with E-state index < -0.39 is 17.7 Å². The van der Waals surface area contributed by atoms with E-state index in [-0.39, 0.29) is 17.8 Å². The Morgan fingerprint density at radius 3 is 2.56 bits per heavy atom. The second kappa shape index (κ2) is 9.85. The molecule has 11 nitrogen and oxygen atoms in total. The van der Waals surface area contributed by atoms with Crippen molar-refractivity contribution in [1.82, 2.24) is 34.6 Å². The van der Waals surface area contributed by atoms with E-state index in [1.54, 1.807) is 18.0 Å². The molecule has 0 N–H and O–H groups in total. The molecule has 34 heavy (non-hydrogen) atoms. The van der Waals surface area contributed by atoms with Gasteiger partial charge in [0.25, 0.3) is 0 Å². The second-order valence-electron chi connectivity index (χ2n) is 7.75. The highest BCUT2D eigenvalue weighted by Crippen LogP contribution is 2.29. The number of aromatic nitrogens is 4. The first-order chi connectivity index (χ1) is 16.4. The van der Waals surface area contributed by atoms with Gasteiger partial charge in [0.05, 0.1) is 12.2 Å². The Balaban J connectivity index is 1.44. The van der Waals surface area contributed by atoms with Crippen LogP contribution in [0.3, 0.4) is 0 Å². The monoisotopic (exact) mass is 470 g/mol. The highest BCUT2D eigenvalue weighted by atomic mass is 19.1. The standard InChI is InChI=1S/C21H24F2N10O/c1-14(22)19(32-13-26-15(2)29-32)28-20(24-3)30-6-8-31(9-7-30)21(34)33-18(4-5-27-33)16-10-17(23)12-25-11-16/h5,10-13,18H,3-4,6-9H2,1-2H3/b19-14-,28-20+/t18-/m0/s1. The fourth-order valence-corrected chi connectivity index (χ4v) is 3.76. The average molecular weight is 470 g/mol. The first-order valence-electron chi connectivity index (χ1n) is 10.6. The topological polar surface area (TPSA) is 107 Å². The van der Waals surface area contributed by atoms with Crippen LogP contribution in [0, 0.1) is 12.7 Å².